The molecular formula is H2Al2CaO5. The molecule has 0 aliphatic rings. The summed E-state index contributed by atoms with van der Waals surface area (Å²) in [6.07, 6.45) is 0. The van der Waals surface area contributed by atoms with Gasteiger partial charge in [-0.3, -0.25) is 0 Å². The first-order chi connectivity index (χ1) is 2.83. The van der Waals surface area contributed by atoms with Crippen LogP contribution in [0.3, 0.4) is 0 Å². The average Bonchev–Trinajstić information content (AvgIpc) is 1.39. The van der Waals surface area contributed by atoms with Crippen molar-refractivity contribution in [2.45, 2.75) is 0 Å². The Kier molecular flexibility index (Phi) is 111. The standard InChI is InChI=1S/2Al.Ca.H2O.4O/h;;;1H2;;;;/q;;+2;;;;2*-1. The summed E-state index contributed by atoms with van der Waals surface area (Å²) in [5.41, 5.74) is 0. The second kappa shape index (κ2) is 39.1. The van der Waals surface area contributed by atoms with Crippen molar-refractivity contribution >= 4 is 68.7 Å². The molecule has 0 aliphatic carbocycles. The Hall–Kier alpha value is 1.48. The van der Waals surface area contributed by atoms with Crippen LogP contribution in [0, 0.1) is 0 Å². The molecule has 0 amide bonds. The van der Waals surface area contributed by atoms with Gasteiger partial charge in [0.25, 0.3) is 0 Å². The topological polar surface area (TPSA) is 112 Å². The molecule has 0 aromatic heterocycles. The van der Waals surface area contributed by atoms with Gasteiger partial charge in [0.2, 0.25) is 0 Å². The van der Waals surface area contributed by atoms with Crippen molar-refractivity contribution in [3.63, 3.8) is 0 Å². The van der Waals surface area contributed by atoms with Crippen molar-refractivity contribution in [3.05, 3.63) is 0 Å². The summed E-state index contributed by atoms with van der Waals surface area (Å²) in [5, 5.41) is 0. The van der Waals surface area contributed by atoms with E-state index in [-0.39, 0.29) is 43.2 Å². The summed E-state index contributed by atoms with van der Waals surface area (Å²) in [4.78, 5) is 0. The van der Waals surface area contributed by atoms with Crippen LogP contribution in [0.25, 0.3) is 0 Å². The van der Waals surface area contributed by atoms with Crippen molar-refractivity contribution in [1.29, 1.82) is 0 Å². The maximum absolute atomic E-state index is 8.46. The predicted molar refractivity (Wildman–Crippen MR) is 22.2 cm³/mol. The zero-order valence-electron chi connectivity index (χ0n) is 3.99. The van der Waals surface area contributed by atoms with Gasteiger partial charge in [0.05, 0.1) is 0 Å². The molecule has 0 aromatic carbocycles. The van der Waals surface area contributed by atoms with E-state index >= 15 is 0 Å². The Morgan fingerprint density at radius 1 is 1.00 bits per heavy atom. The van der Waals surface area contributed by atoms with Gasteiger partial charge >= 0.3 is 84.6 Å². The van der Waals surface area contributed by atoms with E-state index in [1.165, 1.54) is 0 Å². The van der Waals surface area contributed by atoms with Crippen LogP contribution in [0.15, 0.2) is 0 Å². The van der Waals surface area contributed by atoms with Gasteiger partial charge in [0, 0.05) is 0 Å². The minimum atomic E-state index is -1.75. The Morgan fingerprint density at radius 2 is 1.00 bits per heavy atom. The fraction of sp³-hybridized carbons (Fsp3) is 0. The monoisotopic (exact) mass is 176 g/mol. The van der Waals surface area contributed by atoms with Gasteiger partial charge in [0.15, 0.2) is 0 Å². The fourth-order valence-electron chi connectivity index (χ4n) is 0. The SMILES string of the molecule is O.[Ca+2].[O]=[Al][O-].[O]=[Al][O-]. The van der Waals surface area contributed by atoms with Crippen LogP contribution >= 0.6 is 0 Å². The molecular weight excluding hydrogens is 174 g/mol. The van der Waals surface area contributed by atoms with E-state index in [2.05, 4.69) is 0 Å². The molecule has 0 fully saturated rings. The minimum absolute atomic E-state index is 0. The van der Waals surface area contributed by atoms with Gasteiger partial charge in [-0.25, -0.2) is 0 Å². The molecule has 0 radical (unpaired) electrons. The zero-order valence-corrected chi connectivity index (χ0v) is 8.51. The number of hydrogen-bond donors (Lipinski definition) is 0. The third-order valence-electron chi connectivity index (χ3n) is 0. The summed E-state index contributed by atoms with van der Waals surface area (Å²) >= 11 is -3.50. The second-order valence-corrected chi connectivity index (χ2v) is 0.577. The molecule has 8 heavy (non-hydrogen) atoms. The van der Waals surface area contributed by atoms with Gasteiger partial charge in [-0.05, 0) is 0 Å². The Morgan fingerprint density at radius 3 is 1.00 bits per heavy atom. The van der Waals surface area contributed by atoms with E-state index in [9.17, 15) is 0 Å². The van der Waals surface area contributed by atoms with Crippen LogP contribution in [0.4, 0.5) is 0 Å². The molecule has 40 valence electrons. The molecule has 0 spiro atoms. The Bertz CT molecular complexity index is 31.4. The van der Waals surface area contributed by atoms with E-state index in [1.807, 2.05) is 0 Å². The summed E-state index contributed by atoms with van der Waals surface area (Å²) in [6.45, 7) is 0. The first-order valence-corrected chi connectivity index (χ1v) is 2.83. The molecule has 0 aromatic rings. The van der Waals surface area contributed by atoms with E-state index in [0.717, 1.165) is 0 Å². The average molecular weight is 176 g/mol. The zero-order chi connectivity index (χ0) is 5.41. The molecule has 0 aliphatic heterocycles. The van der Waals surface area contributed by atoms with Crippen LogP contribution in [-0.4, -0.2) is 74.2 Å². The Balaban J connectivity index is -0.0000000160. The molecule has 2 N–H and O–H groups in total. The first kappa shape index (κ1) is 22.7. The number of rotatable bonds is 0. The first-order valence-electron chi connectivity index (χ1n) is 0.943. The summed E-state index contributed by atoms with van der Waals surface area (Å²) in [6, 6.07) is 0. The third-order valence-corrected chi connectivity index (χ3v) is 0. The quantitative estimate of drug-likeness (QED) is 0.345. The van der Waals surface area contributed by atoms with Crippen LogP contribution in [0.1, 0.15) is 0 Å². The van der Waals surface area contributed by atoms with Crippen molar-refractivity contribution in [1.82, 2.24) is 0 Å². The van der Waals surface area contributed by atoms with Gasteiger partial charge in [-0.15, -0.1) is 0 Å². The second-order valence-electron chi connectivity index (χ2n) is 0.192. The molecule has 5 nitrogen and oxygen atoms in total. The molecule has 8 heteroatoms. The van der Waals surface area contributed by atoms with E-state index in [4.69, 9.17) is 15.9 Å². The van der Waals surface area contributed by atoms with Crippen LogP contribution in [0.5, 0.6) is 0 Å². The summed E-state index contributed by atoms with van der Waals surface area (Å²) < 4.78 is 33.8. The molecule has 0 heterocycles. The van der Waals surface area contributed by atoms with Gasteiger partial charge in [-0.2, -0.15) is 0 Å². The third kappa shape index (κ3) is 143. The van der Waals surface area contributed by atoms with Crippen molar-refractivity contribution in [2.75, 3.05) is 0 Å². The van der Waals surface area contributed by atoms with Gasteiger partial charge < -0.3 is 5.48 Å². The fourth-order valence-corrected chi connectivity index (χ4v) is 0. The summed E-state index contributed by atoms with van der Waals surface area (Å²) in [5.74, 6) is 0. The van der Waals surface area contributed by atoms with E-state index in [0.29, 0.717) is 0 Å². The normalized spacial score (nSPS) is 2.00. The molecule has 0 unspecified atom stereocenters. The molecule has 0 rings (SSSR count). The molecule has 0 saturated heterocycles. The van der Waals surface area contributed by atoms with E-state index in [1.54, 1.807) is 0 Å². The Labute approximate surface area is 88.9 Å². The van der Waals surface area contributed by atoms with E-state index < -0.39 is 31.0 Å². The van der Waals surface area contributed by atoms with Crippen LogP contribution in [0.2, 0.25) is 0 Å². The van der Waals surface area contributed by atoms with Crippen LogP contribution < -0.4 is 8.32 Å². The molecule has 0 bridgehead atoms. The van der Waals surface area contributed by atoms with Crippen molar-refractivity contribution in [3.8, 4) is 0 Å². The van der Waals surface area contributed by atoms with Gasteiger partial charge in [-0.1, -0.05) is 0 Å². The van der Waals surface area contributed by atoms with Crippen molar-refractivity contribution < 1.29 is 21.4 Å². The van der Waals surface area contributed by atoms with Crippen molar-refractivity contribution in [2.24, 2.45) is 0 Å². The molecule has 0 saturated carbocycles. The summed E-state index contributed by atoms with van der Waals surface area (Å²) in [7, 11) is 0. The number of hydrogen-bond acceptors (Lipinski definition) is 4. The molecule has 0 atom stereocenters. The maximum atomic E-state index is 8.46. The predicted octanol–water partition coefficient (Wildman–Crippen LogP) is -4.58. The van der Waals surface area contributed by atoms with Crippen LogP contribution in [-0.2, 0) is 7.61 Å². The van der Waals surface area contributed by atoms with Gasteiger partial charge in [0.1, 0.15) is 0 Å².